The Morgan fingerprint density at radius 3 is 2.47 bits per heavy atom. The molecule has 2 nitrogen and oxygen atoms in total. The van der Waals surface area contributed by atoms with Crippen LogP contribution in [0.2, 0.25) is 13.1 Å². The average molecular weight is 270 g/mol. The van der Waals surface area contributed by atoms with Gasteiger partial charge in [0.2, 0.25) is 5.91 Å². The van der Waals surface area contributed by atoms with Crippen molar-refractivity contribution < 1.29 is 4.79 Å². The SMILES string of the molecule is Cc1cc(C(N)=O)c(C2=CC=CC2)c(C)c1[Si](C)C. The summed E-state index contributed by atoms with van der Waals surface area (Å²) in [4.78, 5) is 11.7. The van der Waals surface area contributed by atoms with Crippen LogP contribution in [0.4, 0.5) is 0 Å². The molecule has 0 fully saturated rings. The standard InChI is InChI=1S/C16H20NOSi/c1-10-9-13(16(17)18)14(12-7-5-6-8-12)11(2)15(10)19(3)4/h5-7,9H,8H2,1-4H3,(H2,17,18). The maximum atomic E-state index is 11.7. The Morgan fingerprint density at radius 2 is 2.00 bits per heavy atom. The third-order valence-electron chi connectivity index (χ3n) is 3.63. The minimum atomic E-state index is -0.565. The first-order valence-corrected chi connectivity index (χ1v) is 9.04. The van der Waals surface area contributed by atoms with E-state index in [2.05, 4.69) is 39.1 Å². The number of carbonyl (C=O) groups is 1. The van der Waals surface area contributed by atoms with E-state index in [1.54, 1.807) is 0 Å². The number of amides is 1. The van der Waals surface area contributed by atoms with Crippen LogP contribution in [0.3, 0.4) is 0 Å². The Balaban J connectivity index is 2.74. The number of benzene rings is 1. The van der Waals surface area contributed by atoms with Crippen molar-refractivity contribution in [1.82, 2.24) is 0 Å². The summed E-state index contributed by atoms with van der Waals surface area (Å²) in [6, 6.07) is 1.97. The highest BCUT2D eigenvalue weighted by molar-refractivity contribution is 6.71. The minimum absolute atomic E-state index is 0.332. The van der Waals surface area contributed by atoms with E-state index in [0.29, 0.717) is 5.56 Å². The quantitative estimate of drug-likeness (QED) is 0.843. The highest BCUT2D eigenvalue weighted by Gasteiger charge is 2.21. The lowest BCUT2D eigenvalue weighted by Crippen LogP contribution is -2.31. The van der Waals surface area contributed by atoms with Gasteiger partial charge in [-0.1, -0.05) is 42.1 Å². The van der Waals surface area contributed by atoms with Crippen LogP contribution in [0.15, 0.2) is 24.3 Å². The molecule has 0 atom stereocenters. The smallest absolute Gasteiger partial charge is 0.249 e. The van der Waals surface area contributed by atoms with Crippen LogP contribution in [-0.2, 0) is 0 Å². The zero-order valence-corrected chi connectivity index (χ0v) is 13.0. The number of hydrogen-bond acceptors (Lipinski definition) is 1. The van der Waals surface area contributed by atoms with Gasteiger partial charge in [0.05, 0.1) is 8.80 Å². The molecule has 3 heteroatoms. The first-order valence-electron chi connectivity index (χ1n) is 6.54. The minimum Gasteiger partial charge on any atom is -0.366 e. The lowest BCUT2D eigenvalue weighted by Gasteiger charge is -2.20. The Kier molecular flexibility index (Phi) is 3.76. The number of carbonyl (C=O) groups excluding carboxylic acids is 1. The molecule has 0 heterocycles. The second kappa shape index (κ2) is 5.17. The average Bonchev–Trinajstić information content (AvgIpc) is 2.80. The molecule has 99 valence electrons. The van der Waals surface area contributed by atoms with Crippen molar-refractivity contribution in [3.8, 4) is 0 Å². The van der Waals surface area contributed by atoms with E-state index in [-0.39, 0.29) is 5.91 Å². The third-order valence-corrected chi connectivity index (χ3v) is 5.40. The monoisotopic (exact) mass is 270 g/mol. The molecule has 2 rings (SSSR count). The Bertz CT molecular complexity index is 597. The van der Waals surface area contributed by atoms with E-state index >= 15 is 0 Å². The third kappa shape index (κ3) is 2.43. The predicted molar refractivity (Wildman–Crippen MR) is 83.3 cm³/mol. The number of rotatable bonds is 3. The second-order valence-corrected chi connectivity index (χ2v) is 7.80. The van der Waals surface area contributed by atoms with Gasteiger partial charge in [-0.2, -0.15) is 0 Å². The molecule has 0 aromatic heterocycles. The summed E-state index contributed by atoms with van der Waals surface area (Å²) in [5, 5.41) is 1.43. The van der Waals surface area contributed by atoms with Crippen LogP contribution in [0.25, 0.3) is 5.57 Å². The summed E-state index contributed by atoms with van der Waals surface area (Å²) >= 11 is 0. The van der Waals surface area contributed by atoms with Gasteiger partial charge < -0.3 is 5.73 Å². The van der Waals surface area contributed by atoms with E-state index in [1.807, 2.05) is 12.1 Å². The van der Waals surface area contributed by atoms with Gasteiger partial charge in [-0.25, -0.2) is 0 Å². The van der Waals surface area contributed by atoms with E-state index in [4.69, 9.17) is 5.73 Å². The Labute approximate surface area is 116 Å². The van der Waals surface area contributed by atoms with E-state index < -0.39 is 8.80 Å². The number of nitrogens with two attached hydrogens (primary N) is 1. The molecular weight excluding hydrogens is 250 g/mol. The normalized spacial score (nSPS) is 14.1. The number of primary amides is 1. The molecule has 1 aliphatic carbocycles. The predicted octanol–water partition coefficient (Wildman–Crippen LogP) is 2.71. The summed E-state index contributed by atoms with van der Waals surface area (Å²) in [6.45, 7) is 8.78. The number of hydrogen-bond donors (Lipinski definition) is 1. The fraction of sp³-hybridized carbons (Fsp3) is 0.312. The zero-order chi connectivity index (χ0) is 14.2. The fourth-order valence-corrected chi connectivity index (χ4v) is 4.73. The molecule has 0 aliphatic heterocycles. The topological polar surface area (TPSA) is 43.1 Å². The highest BCUT2D eigenvalue weighted by atomic mass is 28.3. The van der Waals surface area contributed by atoms with Crippen molar-refractivity contribution in [2.24, 2.45) is 5.73 Å². The maximum Gasteiger partial charge on any atom is 0.249 e. The molecule has 1 aliphatic rings. The van der Waals surface area contributed by atoms with Gasteiger partial charge in [-0.05, 0) is 43.0 Å². The van der Waals surface area contributed by atoms with Crippen molar-refractivity contribution in [3.63, 3.8) is 0 Å². The van der Waals surface area contributed by atoms with Crippen molar-refractivity contribution in [2.45, 2.75) is 33.4 Å². The molecule has 1 aromatic carbocycles. The van der Waals surface area contributed by atoms with Crippen LogP contribution in [0.5, 0.6) is 0 Å². The van der Waals surface area contributed by atoms with Gasteiger partial charge >= 0.3 is 0 Å². The van der Waals surface area contributed by atoms with Crippen LogP contribution in [0.1, 0.15) is 33.5 Å². The van der Waals surface area contributed by atoms with Crippen molar-refractivity contribution >= 4 is 25.5 Å². The van der Waals surface area contributed by atoms with Gasteiger partial charge in [0, 0.05) is 5.56 Å². The second-order valence-electron chi connectivity index (χ2n) is 5.30. The molecule has 2 N–H and O–H groups in total. The van der Waals surface area contributed by atoms with Gasteiger partial charge in [0.15, 0.2) is 0 Å². The zero-order valence-electron chi connectivity index (χ0n) is 12.0. The first-order chi connectivity index (χ1) is 8.93. The van der Waals surface area contributed by atoms with E-state index in [9.17, 15) is 4.79 Å². The van der Waals surface area contributed by atoms with Crippen LogP contribution >= 0.6 is 0 Å². The summed E-state index contributed by atoms with van der Waals surface area (Å²) in [6.07, 6.45) is 7.14. The first kappa shape index (κ1) is 13.8. The molecule has 0 saturated carbocycles. The maximum absolute atomic E-state index is 11.7. The number of aryl methyl sites for hydroxylation is 1. The van der Waals surface area contributed by atoms with Crippen LogP contribution < -0.4 is 10.9 Å². The molecule has 1 aromatic rings. The van der Waals surface area contributed by atoms with Crippen molar-refractivity contribution in [1.29, 1.82) is 0 Å². The molecule has 1 amide bonds. The Hall–Kier alpha value is -1.61. The lowest BCUT2D eigenvalue weighted by atomic mass is 9.92. The summed E-state index contributed by atoms with van der Waals surface area (Å²) in [5.41, 5.74) is 10.9. The molecule has 0 unspecified atom stereocenters. The highest BCUT2D eigenvalue weighted by Crippen LogP contribution is 2.29. The van der Waals surface area contributed by atoms with E-state index in [1.165, 1.54) is 21.9 Å². The summed E-state index contributed by atoms with van der Waals surface area (Å²) in [7, 11) is -0.565. The number of allylic oxidation sites excluding steroid dienone is 4. The van der Waals surface area contributed by atoms with Crippen LogP contribution in [-0.4, -0.2) is 14.7 Å². The van der Waals surface area contributed by atoms with Crippen molar-refractivity contribution in [3.05, 3.63) is 46.5 Å². The van der Waals surface area contributed by atoms with Gasteiger partial charge in [0.25, 0.3) is 0 Å². The van der Waals surface area contributed by atoms with Gasteiger partial charge in [-0.3, -0.25) is 4.79 Å². The van der Waals surface area contributed by atoms with Crippen molar-refractivity contribution in [2.75, 3.05) is 0 Å². The fourth-order valence-electron chi connectivity index (χ4n) is 2.99. The Morgan fingerprint density at radius 1 is 1.32 bits per heavy atom. The molecule has 1 radical (unpaired) electrons. The molecule has 0 bridgehead atoms. The molecule has 0 spiro atoms. The lowest BCUT2D eigenvalue weighted by molar-refractivity contribution is 0.1000. The summed E-state index contributed by atoms with van der Waals surface area (Å²) in [5.74, 6) is -0.332. The molecule has 0 saturated heterocycles. The molecular formula is C16H20NOSi. The van der Waals surface area contributed by atoms with Gasteiger partial charge in [0.1, 0.15) is 0 Å². The molecule has 19 heavy (non-hydrogen) atoms. The van der Waals surface area contributed by atoms with E-state index in [0.717, 1.165) is 12.0 Å². The largest absolute Gasteiger partial charge is 0.366 e. The summed E-state index contributed by atoms with van der Waals surface area (Å²) < 4.78 is 0. The van der Waals surface area contributed by atoms with Crippen LogP contribution in [0, 0.1) is 13.8 Å². The van der Waals surface area contributed by atoms with Gasteiger partial charge in [-0.15, -0.1) is 0 Å².